The van der Waals surface area contributed by atoms with Crippen molar-refractivity contribution in [3.63, 3.8) is 0 Å². The Morgan fingerprint density at radius 3 is 1.60 bits per heavy atom. The Bertz CT molecular complexity index is 370. The molecule has 0 fully saturated rings. The summed E-state index contributed by atoms with van der Waals surface area (Å²) in [4.78, 5) is 0. The second-order valence-electron chi connectivity index (χ2n) is 8.10. The molecule has 0 N–H and O–H groups in total. The molecule has 0 bridgehead atoms. The first-order valence-corrected chi connectivity index (χ1v) is 19.4. The Labute approximate surface area is 191 Å². The van der Waals surface area contributed by atoms with Crippen LogP contribution in [-0.2, 0) is 22.4 Å². The fourth-order valence-electron chi connectivity index (χ4n) is 3.95. The van der Waals surface area contributed by atoms with E-state index in [1.54, 1.807) is 0 Å². The summed E-state index contributed by atoms with van der Waals surface area (Å²) in [5.74, 6) is 0. The van der Waals surface area contributed by atoms with Gasteiger partial charge in [0.2, 0.25) is 0 Å². The number of ether oxygens (including phenoxy) is 1. The van der Waals surface area contributed by atoms with Crippen molar-refractivity contribution in [2.75, 3.05) is 33.0 Å². The average Bonchev–Trinajstić information content (AvgIpc) is 2.78. The summed E-state index contributed by atoms with van der Waals surface area (Å²) in [6, 6.07) is 7.99. The van der Waals surface area contributed by atoms with Gasteiger partial charge in [0, 0.05) is 19.8 Å². The van der Waals surface area contributed by atoms with Crippen molar-refractivity contribution in [3.05, 3.63) is 0 Å². The van der Waals surface area contributed by atoms with Crippen molar-refractivity contribution in [2.24, 2.45) is 0 Å². The molecule has 1 unspecified atom stereocenters. The summed E-state index contributed by atoms with van der Waals surface area (Å²) >= 11 is 0. The van der Waals surface area contributed by atoms with Gasteiger partial charge in [-0.05, 0) is 62.6 Å². The van der Waals surface area contributed by atoms with Crippen LogP contribution in [0.4, 0.5) is 0 Å². The molecule has 0 aromatic carbocycles. The van der Waals surface area contributed by atoms with E-state index in [4.69, 9.17) is 22.4 Å². The molecule has 8 heteroatoms. The summed E-state index contributed by atoms with van der Waals surface area (Å²) in [5.41, 5.74) is 0. The van der Waals surface area contributed by atoms with Crippen LogP contribution < -0.4 is 0 Å². The molecule has 0 aliphatic carbocycles. The summed E-state index contributed by atoms with van der Waals surface area (Å²) in [5, 5.41) is 0. The molecule has 0 aliphatic heterocycles. The third kappa shape index (κ3) is 11.4. The Kier molecular flexibility index (Phi) is 18.2. The Morgan fingerprint density at radius 1 is 0.667 bits per heavy atom. The molecule has 0 heterocycles. The van der Waals surface area contributed by atoms with E-state index in [2.05, 4.69) is 41.5 Å². The van der Waals surface area contributed by atoms with Gasteiger partial charge in [0.15, 0.2) is 16.6 Å². The number of hydrogen-bond acceptors (Lipinski definition) is 5. The highest BCUT2D eigenvalue weighted by atomic mass is 28.4. The second-order valence-corrected chi connectivity index (χ2v) is 19.7. The monoisotopic (exact) mass is 480 g/mol. The van der Waals surface area contributed by atoms with E-state index in [-0.39, 0.29) is 6.10 Å². The zero-order valence-corrected chi connectivity index (χ0v) is 24.5. The van der Waals surface area contributed by atoms with Crippen molar-refractivity contribution in [3.8, 4) is 0 Å². The van der Waals surface area contributed by atoms with E-state index in [0.29, 0.717) is 13.2 Å². The fraction of sp³-hybridized carbons (Fsp3) is 1.00. The molecule has 0 aliphatic rings. The van der Waals surface area contributed by atoms with Crippen molar-refractivity contribution >= 4 is 25.9 Å². The molecule has 0 spiro atoms. The molecule has 0 rings (SSSR count). The first-order valence-electron chi connectivity index (χ1n) is 12.6. The van der Waals surface area contributed by atoms with Gasteiger partial charge in [-0.3, -0.25) is 0 Å². The summed E-state index contributed by atoms with van der Waals surface area (Å²) < 4.78 is 31.0. The first-order chi connectivity index (χ1) is 14.4. The fourth-order valence-corrected chi connectivity index (χ4v) is 11.1. The van der Waals surface area contributed by atoms with Gasteiger partial charge in [-0.15, -0.1) is 0 Å². The molecule has 0 radical (unpaired) electrons. The number of rotatable bonds is 21. The topological polar surface area (TPSA) is 46.2 Å². The zero-order valence-electron chi connectivity index (χ0n) is 21.4. The average molecular weight is 481 g/mol. The lowest BCUT2D eigenvalue weighted by molar-refractivity contribution is 0.0172. The van der Waals surface area contributed by atoms with Gasteiger partial charge >= 0.3 is 9.28 Å². The maximum absolute atomic E-state index is 6.79. The molecule has 0 aromatic rings. The lowest BCUT2D eigenvalue weighted by atomic mass is 10.4. The maximum Gasteiger partial charge on any atom is 0.321 e. The van der Waals surface area contributed by atoms with Gasteiger partial charge in [0.05, 0.1) is 19.3 Å². The Balaban J connectivity index is 4.80. The van der Waals surface area contributed by atoms with Crippen LogP contribution in [0.2, 0.25) is 42.3 Å². The predicted octanol–water partition coefficient (Wildman–Crippen LogP) is 6.10. The number of hydrogen-bond donors (Lipinski definition) is 0. The molecule has 0 saturated carbocycles. The van der Waals surface area contributed by atoms with E-state index >= 15 is 0 Å². The minimum Gasteiger partial charge on any atom is -0.414 e. The van der Waals surface area contributed by atoms with Gasteiger partial charge in [-0.2, -0.15) is 0 Å². The summed E-state index contributed by atoms with van der Waals surface area (Å²) in [6.45, 7) is 21.3. The lowest BCUT2D eigenvalue weighted by Crippen LogP contribution is -2.46. The van der Waals surface area contributed by atoms with Gasteiger partial charge in [-0.25, -0.2) is 0 Å². The highest BCUT2D eigenvalue weighted by molar-refractivity contribution is 6.74. The molecule has 0 saturated heterocycles. The van der Waals surface area contributed by atoms with Crippen LogP contribution in [0, 0.1) is 0 Å². The van der Waals surface area contributed by atoms with E-state index in [9.17, 15) is 0 Å². The summed E-state index contributed by atoms with van der Waals surface area (Å²) in [6.07, 6.45) is 1.04. The minimum atomic E-state index is -1.69. The Morgan fingerprint density at radius 2 is 1.17 bits per heavy atom. The first kappa shape index (κ1) is 30.5. The van der Waals surface area contributed by atoms with Crippen molar-refractivity contribution < 1.29 is 22.4 Å². The van der Waals surface area contributed by atoms with Crippen LogP contribution in [0.1, 0.15) is 61.8 Å². The minimum absolute atomic E-state index is 0.0554. The third-order valence-corrected chi connectivity index (χ3v) is 18.2. The van der Waals surface area contributed by atoms with E-state index < -0.39 is 25.9 Å². The van der Waals surface area contributed by atoms with Gasteiger partial charge in [-0.1, -0.05) is 41.5 Å². The maximum atomic E-state index is 6.79. The highest BCUT2D eigenvalue weighted by Crippen LogP contribution is 2.26. The van der Waals surface area contributed by atoms with Crippen LogP contribution in [-0.4, -0.2) is 65.1 Å². The van der Waals surface area contributed by atoms with Gasteiger partial charge in [0.1, 0.15) is 0 Å². The molecule has 0 amide bonds. The van der Waals surface area contributed by atoms with Crippen molar-refractivity contribution in [2.45, 2.75) is 110 Å². The molecule has 30 heavy (non-hydrogen) atoms. The molecule has 182 valence electrons. The second kappa shape index (κ2) is 17.9. The van der Waals surface area contributed by atoms with Crippen molar-refractivity contribution in [1.82, 2.24) is 0 Å². The molecular weight excluding hydrogens is 428 g/mol. The van der Waals surface area contributed by atoms with Crippen LogP contribution in [0.3, 0.4) is 0 Å². The van der Waals surface area contributed by atoms with Crippen LogP contribution in [0.25, 0.3) is 0 Å². The highest BCUT2D eigenvalue weighted by Gasteiger charge is 2.34. The van der Waals surface area contributed by atoms with Crippen LogP contribution >= 0.6 is 0 Å². The van der Waals surface area contributed by atoms with Gasteiger partial charge in [0.25, 0.3) is 0 Å². The van der Waals surface area contributed by atoms with Crippen molar-refractivity contribution in [1.29, 1.82) is 0 Å². The smallest absolute Gasteiger partial charge is 0.321 e. The standard InChI is InChI=1S/C22H52O5Si3/c1-9-24-28(25-10-2)19-17-18-23-20-22(27-30(14-6,15-7)16-8)21-26-29(11-3,12-4)13-5/h22,28H,9-21H2,1-8H3. The quantitative estimate of drug-likeness (QED) is 0.147. The van der Waals surface area contributed by atoms with Crippen LogP contribution in [0.5, 0.6) is 0 Å². The third-order valence-electron chi connectivity index (χ3n) is 6.60. The predicted molar refractivity (Wildman–Crippen MR) is 136 cm³/mol. The molecule has 5 nitrogen and oxygen atoms in total. The van der Waals surface area contributed by atoms with E-state index in [1.807, 2.05) is 13.8 Å². The van der Waals surface area contributed by atoms with Crippen LogP contribution in [0.15, 0.2) is 0 Å². The largest absolute Gasteiger partial charge is 0.414 e. The van der Waals surface area contributed by atoms with Gasteiger partial charge < -0.3 is 22.4 Å². The Hall–Kier alpha value is 0.451. The SMILES string of the molecule is CCO[SiH](CCCOCC(CO[Si](CC)(CC)CC)O[Si](CC)(CC)CC)OCC. The molecule has 1 atom stereocenters. The molecular formula is C22H52O5Si3. The van der Waals surface area contributed by atoms with E-state index in [0.717, 1.165) is 50.4 Å². The zero-order chi connectivity index (χ0) is 22.9. The van der Waals surface area contributed by atoms with E-state index in [1.165, 1.54) is 18.1 Å². The normalized spacial score (nSPS) is 13.9. The lowest BCUT2D eigenvalue weighted by Gasteiger charge is -2.36. The molecule has 0 aromatic heterocycles. The summed E-state index contributed by atoms with van der Waals surface area (Å²) in [7, 11) is -4.84.